The fraction of sp³-hybridized carbons (Fsp3) is 0.118. The number of hydrogen-bond donors (Lipinski definition) is 1. The van der Waals surface area contributed by atoms with Crippen LogP contribution in [0.2, 0.25) is 0 Å². The quantitative estimate of drug-likeness (QED) is 0.718. The Hall–Kier alpha value is -2.58. The van der Waals surface area contributed by atoms with Gasteiger partial charge in [-0.3, -0.25) is 9.78 Å². The number of aromatic nitrogens is 2. The highest BCUT2D eigenvalue weighted by Crippen LogP contribution is 2.24. The molecule has 0 aliphatic carbocycles. The second kappa shape index (κ2) is 7.54. The van der Waals surface area contributed by atoms with Gasteiger partial charge >= 0.3 is 0 Å². The van der Waals surface area contributed by atoms with E-state index in [0.29, 0.717) is 16.4 Å². The van der Waals surface area contributed by atoms with Gasteiger partial charge in [0.05, 0.1) is 11.4 Å². The zero-order valence-corrected chi connectivity index (χ0v) is 14.8. The molecule has 0 bridgehead atoms. The van der Waals surface area contributed by atoms with Gasteiger partial charge in [-0.05, 0) is 17.7 Å². The second-order valence-electron chi connectivity index (χ2n) is 5.34. The molecule has 1 amide bonds. The number of amides is 1. The van der Waals surface area contributed by atoms with Gasteiger partial charge in [0.15, 0.2) is 15.0 Å². The van der Waals surface area contributed by atoms with E-state index in [4.69, 9.17) is 0 Å². The van der Waals surface area contributed by atoms with E-state index in [1.54, 1.807) is 42.0 Å². The number of rotatable bonds is 6. The maximum Gasteiger partial charge on any atom is 0.241 e. The molecule has 3 aromatic rings. The fourth-order valence-corrected chi connectivity index (χ4v) is 4.23. The molecule has 3 rings (SSSR count). The number of nitrogens with zero attached hydrogens (tertiary/aromatic N) is 2. The predicted molar refractivity (Wildman–Crippen MR) is 97.9 cm³/mol. The zero-order chi connectivity index (χ0) is 17.7. The van der Waals surface area contributed by atoms with Crippen LogP contribution in [0, 0.1) is 0 Å². The maximum absolute atomic E-state index is 12.1. The zero-order valence-electron chi connectivity index (χ0n) is 13.1. The highest BCUT2D eigenvalue weighted by atomic mass is 32.2. The van der Waals surface area contributed by atoms with Gasteiger partial charge in [0.2, 0.25) is 5.91 Å². The number of anilines is 1. The van der Waals surface area contributed by atoms with Crippen molar-refractivity contribution in [2.45, 2.75) is 5.75 Å². The Morgan fingerprint density at radius 2 is 1.80 bits per heavy atom. The van der Waals surface area contributed by atoms with E-state index in [9.17, 15) is 13.2 Å². The molecule has 2 aromatic heterocycles. The van der Waals surface area contributed by atoms with Crippen LogP contribution in [0.25, 0.3) is 11.3 Å². The summed E-state index contributed by atoms with van der Waals surface area (Å²) in [6.45, 7) is 0. The molecule has 1 N–H and O–H groups in total. The predicted octanol–water partition coefficient (Wildman–Crippen LogP) is 2.76. The van der Waals surface area contributed by atoms with Gasteiger partial charge in [-0.1, -0.05) is 30.3 Å². The number of carbonyl (C=O) groups is 1. The van der Waals surface area contributed by atoms with Crippen LogP contribution in [0.5, 0.6) is 0 Å². The van der Waals surface area contributed by atoms with E-state index in [-0.39, 0.29) is 5.75 Å². The van der Waals surface area contributed by atoms with Crippen molar-refractivity contribution in [2.24, 2.45) is 0 Å². The molecule has 0 unspecified atom stereocenters. The van der Waals surface area contributed by atoms with Crippen molar-refractivity contribution in [1.82, 2.24) is 9.97 Å². The monoisotopic (exact) mass is 373 g/mol. The third-order valence-corrected chi connectivity index (χ3v) is 5.54. The highest BCUT2D eigenvalue weighted by molar-refractivity contribution is 7.91. The van der Waals surface area contributed by atoms with Gasteiger partial charge in [0.25, 0.3) is 0 Å². The van der Waals surface area contributed by atoms with Gasteiger partial charge in [-0.25, -0.2) is 13.4 Å². The summed E-state index contributed by atoms with van der Waals surface area (Å²) in [6, 6.07) is 12.4. The number of carbonyl (C=O) groups excluding carboxylic acids is 1. The summed E-state index contributed by atoms with van der Waals surface area (Å²) in [4.78, 5) is 20.3. The van der Waals surface area contributed by atoms with Crippen molar-refractivity contribution < 1.29 is 13.2 Å². The van der Waals surface area contributed by atoms with E-state index in [1.165, 1.54) is 11.3 Å². The minimum Gasteiger partial charge on any atom is -0.301 e. The van der Waals surface area contributed by atoms with Gasteiger partial charge < -0.3 is 5.32 Å². The molecular formula is C17H15N3O3S2. The molecule has 0 aliphatic rings. The van der Waals surface area contributed by atoms with Crippen molar-refractivity contribution in [3.63, 3.8) is 0 Å². The smallest absolute Gasteiger partial charge is 0.241 e. The van der Waals surface area contributed by atoms with E-state index < -0.39 is 21.5 Å². The lowest BCUT2D eigenvalue weighted by Crippen LogP contribution is -2.23. The first kappa shape index (κ1) is 17.2. The molecule has 0 saturated heterocycles. The Bertz CT molecular complexity index is 955. The lowest BCUT2D eigenvalue weighted by atomic mass is 10.2. The lowest BCUT2D eigenvalue weighted by molar-refractivity contribution is -0.113. The van der Waals surface area contributed by atoms with Gasteiger partial charge in [-0.15, -0.1) is 11.3 Å². The summed E-state index contributed by atoms with van der Waals surface area (Å²) in [5, 5.41) is 4.71. The number of pyridine rings is 1. The average Bonchev–Trinajstić information content (AvgIpc) is 3.04. The molecule has 0 atom stereocenters. The minimum absolute atomic E-state index is 0.165. The van der Waals surface area contributed by atoms with Crippen LogP contribution >= 0.6 is 11.3 Å². The number of sulfone groups is 1. The number of benzene rings is 1. The van der Waals surface area contributed by atoms with E-state index in [0.717, 1.165) is 5.56 Å². The van der Waals surface area contributed by atoms with Crippen LogP contribution in [0.4, 0.5) is 5.13 Å². The molecule has 0 saturated carbocycles. The van der Waals surface area contributed by atoms with Crippen LogP contribution in [-0.2, 0) is 20.4 Å². The Morgan fingerprint density at radius 3 is 2.52 bits per heavy atom. The number of thiazole rings is 1. The summed E-state index contributed by atoms with van der Waals surface area (Å²) in [5.41, 5.74) is 2.24. The SMILES string of the molecule is O=C(CS(=O)(=O)Cc1ccccc1)Nc1nc(-c2ccncc2)cs1. The van der Waals surface area contributed by atoms with Gasteiger partial charge in [-0.2, -0.15) is 0 Å². The maximum atomic E-state index is 12.1. The van der Waals surface area contributed by atoms with Crippen molar-refractivity contribution in [1.29, 1.82) is 0 Å². The normalized spacial score (nSPS) is 11.2. The summed E-state index contributed by atoms with van der Waals surface area (Å²) in [5.74, 6) is -1.33. The molecule has 0 radical (unpaired) electrons. The van der Waals surface area contributed by atoms with Gasteiger partial charge in [0, 0.05) is 23.3 Å². The standard InChI is InChI=1S/C17H15N3O3S2/c21-16(12-25(22,23)11-13-4-2-1-3-5-13)20-17-19-15(10-24-17)14-6-8-18-9-7-14/h1-10H,11-12H2,(H,19,20,21). The summed E-state index contributed by atoms with van der Waals surface area (Å²) < 4.78 is 24.3. The molecular weight excluding hydrogens is 358 g/mol. The van der Waals surface area contributed by atoms with Crippen molar-refractivity contribution in [3.8, 4) is 11.3 Å². The van der Waals surface area contributed by atoms with E-state index in [2.05, 4.69) is 15.3 Å². The van der Waals surface area contributed by atoms with Crippen molar-refractivity contribution in [2.75, 3.05) is 11.1 Å². The third kappa shape index (κ3) is 4.94. The van der Waals surface area contributed by atoms with Crippen LogP contribution < -0.4 is 5.32 Å². The molecule has 0 fully saturated rings. The average molecular weight is 373 g/mol. The first-order valence-corrected chi connectivity index (χ1v) is 10.1. The Morgan fingerprint density at radius 1 is 1.08 bits per heavy atom. The van der Waals surface area contributed by atoms with E-state index in [1.807, 2.05) is 18.2 Å². The topological polar surface area (TPSA) is 89.0 Å². The Balaban J connectivity index is 1.62. The molecule has 1 aromatic carbocycles. The lowest BCUT2D eigenvalue weighted by Gasteiger charge is -2.04. The van der Waals surface area contributed by atoms with Crippen LogP contribution in [0.15, 0.2) is 60.2 Å². The Kier molecular flexibility index (Phi) is 5.20. The molecule has 0 spiro atoms. The minimum atomic E-state index is -3.54. The summed E-state index contributed by atoms with van der Waals surface area (Å²) in [7, 11) is -3.54. The molecule has 128 valence electrons. The molecule has 6 nitrogen and oxygen atoms in total. The van der Waals surface area contributed by atoms with Gasteiger partial charge in [0.1, 0.15) is 5.75 Å². The largest absolute Gasteiger partial charge is 0.301 e. The van der Waals surface area contributed by atoms with Crippen LogP contribution in [0.1, 0.15) is 5.56 Å². The first-order chi connectivity index (χ1) is 12.0. The van der Waals surface area contributed by atoms with Crippen molar-refractivity contribution >= 4 is 32.2 Å². The second-order valence-corrected chi connectivity index (χ2v) is 8.26. The first-order valence-electron chi connectivity index (χ1n) is 7.42. The molecule has 8 heteroatoms. The Labute approximate surface area is 149 Å². The van der Waals surface area contributed by atoms with Crippen LogP contribution in [0.3, 0.4) is 0 Å². The number of nitrogens with one attached hydrogen (secondary N) is 1. The van der Waals surface area contributed by atoms with Crippen molar-refractivity contribution in [3.05, 3.63) is 65.8 Å². The summed E-state index contributed by atoms with van der Waals surface area (Å²) in [6.07, 6.45) is 3.31. The van der Waals surface area contributed by atoms with Crippen LogP contribution in [-0.4, -0.2) is 30.0 Å². The highest BCUT2D eigenvalue weighted by Gasteiger charge is 2.18. The van der Waals surface area contributed by atoms with E-state index >= 15 is 0 Å². The molecule has 25 heavy (non-hydrogen) atoms. The third-order valence-electron chi connectivity index (χ3n) is 3.31. The number of hydrogen-bond acceptors (Lipinski definition) is 6. The fourth-order valence-electron chi connectivity index (χ4n) is 2.22. The molecule has 2 heterocycles. The summed E-state index contributed by atoms with van der Waals surface area (Å²) >= 11 is 1.24. The molecule has 0 aliphatic heterocycles.